The second-order valence-corrected chi connectivity index (χ2v) is 5.62. The molecule has 0 saturated carbocycles. The van der Waals surface area contributed by atoms with Crippen LogP contribution in [-0.4, -0.2) is 18.4 Å². The molecule has 0 amide bonds. The van der Waals surface area contributed by atoms with Gasteiger partial charge in [-0.2, -0.15) is 0 Å². The lowest BCUT2D eigenvalue weighted by atomic mass is 9.96. The fourth-order valence-electron chi connectivity index (χ4n) is 1.42. The number of nitrogens with two attached hydrogens (primary N) is 1. The van der Waals surface area contributed by atoms with Crippen molar-refractivity contribution in [1.29, 1.82) is 0 Å². The first kappa shape index (κ1) is 14.2. The molecular formula is C13H18BrNO2. The summed E-state index contributed by atoms with van der Waals surface area (Å²) in [5, 5.41) is 0. The van der Waals surface area contributed by atoms with Crippen LogP contribution in [0.25, 0.3) is 0 Å². The number of carbonyl (C=O) groups excluding carboxylic acids is 1. The molecule has 0 atom stereocenters. The lowest BCUT2D eigenvalue weighted by Crippen LogP contribution is -2.32. The van der Waals surface area contributed by atoms with E-state index in [1.807, 2.05) is 13.8 Å². The lowest BCUT2D eigenvalue weighted by molar-refractivity contribution is 0.0972. The molecule has 2 N–H and O–H groups in total. The van der Waals surface area contributed by atoms with Gasteiger partial charge in [-0.15, -0.1) is 0 Å². The van der Waals surface area contributed by atoms with Crippen molar-refractivity contribution in [2.45, 2.75) is 32.2 Å². The molecule has 0 bridgehead atoms. The quantitative estimate of drug-likeness (QED) is 0.850. The van der Waals surface area contributed by atoms with E-state index in [2.05, 4.69) is 15.9 Å². The minimum Gasteiger partial charge on any atom is -0.496 e. The number of Topliss-reactive ketones (excluding diaryl/α,β-unsaturated/α-hetero) is 1. The van der Waals surface area contributed by atoms with Crippen LogP contribution in [0, 0.1) is 0 Å². The molecule has 0 fully saturated rings. The maximum absolute atomic E-state index is 11.9. The highest BCUT2D eigenvalue weighted by Gasteiger charge is 2.15. The minimum atomic E-state index is -0.306. The Morgan fingerprint density at radius 2 is 2.12 bits per heavy atom. The highest BCUT2D eigenvalue weighted by atomic mass is 79.9. The van der Waals surface area contributed by atoms with Crippen LogP contribution in [0.1, 0.15) is 37.0 Å². The first-order valence-corrected chi connectivity index (χ1v) is 6.28. The zero-order valence-electron chi connectivity index (χ0n) is 10.4. The van der Waals surface area contributed by atoms with Crippen LogP contribution in [-0.2, 0) is 0 Å². The molecule has 94 valence electrons. The van der Waals surface area contributed by atoms with Crippen molar-refractivity contribution in [2.75, 3.05) is 7.11 Å². The molecule has 0 spiro atoms. The summed E-state index contributed by atoms with van der Waals surface area (Å²) in [5.41, 5.74) is 6.23. The average molecular weight is 300 g/mol. The highest BCUT2D eigenvalue weighted by molar-refractivity contribution is 9.10. The van der Waals surface area contributed by atoms with E-state index in [0.717, 1.165) is 10.2 Å². The van der Waals surface area contributed by atoms with Crippen molar-refractivity contribution in [3.63, 3.8) is 0 Å². The van der Waals surface area contributed by atoms with Crippen LogP contribution in [0.15, 0.2) is 22.7 Å². The Kier molecular flexibility index (Phi) is 4.71. The molecule has 1 rings (SSSR count). The molecular weight excluding hydrogens is 282 g/mol. The topological polar surface area (TPSA) is 52.3 Å². The number of benzene rings is 1. The molecule has 0 aromatic heterocycles. The third-order valence-electron chi connectivity index (χ3n) is 2.47. The summed E-state index contributed by atoms with van der Waals surface area (Å²) in [6.45, 7) is 3.84. The zero-order chi connectivity index (χ0) is 13.1. The first-order chi connectivity index (χ1) is 7.83. The lowest BCUT2D eigenvalue weighted by Gasteiger charge is -2.17. The fourth-order valence-corrected chi connectivity index (χ4v) is 1.96. The van der Waals surface area contributed by atoms with E-state index < -0.39 is 0 Å². The predicted octanol–water partition coefficient (Wildman–Crippen LogP) is 3.16. The van der Waals surface area contributed by atoms with Crippen LogP contribution in [0.5, 0.6) is 5.75 Å². The SMILES string of the molecule is COc1ccc(C(=O)CCC(C)(C)N)cc1Br. The van der Waals surface area contributed by atoms with E-state index in [1.54, 1.807) is 25.3 Å². The van der Waals surface area contributed by atoms with E-state index in [1.165, 1.54) is 0 Å². The van der Waals surface area contributed by atoms with Crippen molar-refractivity contribution in [2.24, 2.45) is 5.73 Å². The molecule has 0 aliphatic rings. The van der Waals surface area contributed by atoms with E-state index in [0.29, 0.717) is 18.4 Å². The van der Waals surface area contributed by atoms with Crippen molar-refractivity contribution >= 4 is 21.7 Å². The average Bonchev–Trinajstić information content (AvgIpc) is 2.24. The fraction of sp³-hybridized carbons (Fsp3) is 0.462. The van der Waals surface area contributed by atoms with Crippen LogP contribution < -0.4 is 10.5 Å². The van der Waals surface area contributed by atoms with E-state index >= 15 is 0 Å². The molecule has 0 aliphatic heterocycles. The van der Waals surface area contributed by atoms with Gasteiger partial charge >= 0.3 is 0 Å². The number of hydrogen-bond acceptors (Lipinski definition) is 3. The summed E-state index contributed by atoms with van der Waals surface area (Å²) >= 11 is 3.36. The number of methoxy groups -OCH3 is 1. The number of ketones is 1. The van der Waals surface area contributed by atoms with Gasteiger partial charge in [-0.05, 0) is 54.4 Å². The number of halogens is 1. The molecule has 0 saturated heterocycles. The van der Waals surface area contributed by atoms with Gasteiger partial charge in [0.25, 0.3) is 0 Å². The van der Waals surface area contributed by atoms with Crippen LogP contribution in [0.4, 0.5) is 0 Å². The molecule has 0 unspecified atom stereocenters. The predicted molar refractivity (Wildman–Crippen MR) is 72.5 cm³/mol. The van der Waals surface area contributed by atoms with Crippen molar-refractivity contribution in [3.8, 4) is 5.75 Å². The van der Waals surface area contributed by atoms with Crippen molar-refractivity contribution < 1.29 is 9.53 Å². The Morgan fingerprint density at radius 3 is 2.59 bits per heavy atom. The smallest absolute Gasteiger partial charge is 0.162 e. The molecule has 0 heterocycles. The second-order valence-electron chi connectivity index (χ2n) is 4.76. The standard InChI is InChI=1S/C13H18BrNO2/c1-13(2,15)7-6-11(16)9-4-5-12(17-3)10(14)8-9/h4-5,8H,6-7,15H2,1-3H3. The maximum Gasteiger partial charge on any atom is 0.162 e. The van der Waals surface area contributed by atoms with Crippen molar-refractivity contribution in [1.82, 2.24) is 0 Å². The van der Waals surface area contributed by atoms with Gasteiger partial charge in [0.1, 0.15) is 5.75 Å². The van der Waals surface area contributed by atoms with Gasteiger partial charge in [-0.1, -0.05) is 0 Å². The number of hydrogen-bond donors (Lipinski definition) is 1. The molecule has 17 heavy (non-hydrogen) atoms. The van der Waals surface area contributed by atoms with Gasteiger partial charge in [-0.3, -0.25) is 4.79 Å². The van der Waals surface area contributed by atoms with Gasteiger partial charge in [0.2, 0.25) is 0 Å². The summed E-state index contributed by atoms with van der Waals surface area (Å²) < 4.78 is 5.91. The first-order valence-electron chi connectivity index (χ1n) is 5.49. The third kappa shape index (κ3) is 4.48. The Balaban J connectivity index is 2.73. The summed E-state index contributed by atoms with van der Waals surface area (Å²) in [5.74, 6) is 0.826. The normalized spacial score (nSPS) is 11.4. The van der Waals surface area contributed by atoms with Crippen molar-refractivity contribution in [3.05, 3.63) is 28.2 Å². The molecule has 4 heteroatoms. The Labute approximate surface area is 110 Å². The van der Waals surface area contributed by atoms with Gasteiger partial charge in [-0.25, -0.2) is 0 Å². The van der Waals surface area contributed by atoms with E-state index in [9.17, 15) is 4.79 Å². The molecule has 1 aromatic rings. The maximum atomic E-state index is 11.9. The molecule has 0 radical (unpaired) electrons. The van der Waals surface area contributed by atoms with Gasteiger partial charge in [0.05, 0.1) is 11.6 Å². The largest absolute Gasteiger partial charge is 0.496 e. The van der Waals surface area contributed by atoms with Gasteiger partial charge < -0.3 is 10.5 Å². The Morgan fingerprint density at radius 1 is 1.47 bits per heavy atom. The molecule has 3 nitrogen and oxygen atoms in total. The van der Waals surface area contributed by atoms with Crippen LogP contribution >= 0.6 is 15.9 Å². The Hall–Kier alpha value is -0.870. The summed E-state index contributed by atoms with van der Waals surface area (Å²) in [6, 6.07) is 5.34. The van der Waals surface area contributed by atoms with Crippen LogP contribution in [0.3, 0.4) is 0 Å². The zero-order valence-corrected chi connectivity index (χ0v) is 12.0. The minimum absolute atomic E-state index is 0.104. The highest BCUT2D eigenvalue weighted by Crippen LogP contribution is 2.26. The van der Waals surface area contributed by atoms with E-state index in [4.69, 9.17) is 10.5 Å². The van der Waals surface area contributed by atoms with E-state index in [-0.39, 0.29) is 11.3 Å². The van der Waals surface area contributed by atoms with Gasteiger partial charge in [0, 0.05) is 17.5 Å². The van der Waals surface area contributed by atoms with Gasteiger partial charge in [0.15, 0.2) is 5.78 Å². The number of ether oxygens (including phenoxy) is 1. The molecule has 0 aliphatic carbocycles. The second kappa shape index (κ2) is 5.65. The third-order valence-corrected chi connectivity index (χ3v) is 3.09. The summed E-state index contributed by atoms with van der Waals surface area (Å²) in [4.78, 5) is 11.9. The number of rotatable bonds is 5. The Bertz CT molecular complexity index is 410. The summed E-state index contributed by atoms with van der Waals surface area (Å²) in [6.07, 6.45) is 1.14. The number of carbonyl (C=O) groups is 1. The monoisotopic (exact) mass is 299 g/mol. The van der Waals surface area contributed by atoms with Crippen LogP contribution in [0.2, 0.25) is 0 Å². The molecule has 1 aromatic carbocycles. The summed E-state index contributed by atoms with van der Waals surface area (Å²) in [7, 11) is 1.60.